The zero-order chi connectivity index (χ0) is 30.5. The molecule has 4 aromatic rings. The fourth-order valence-electron chi connectivity index (χ4n) is 4.61. The van der Waals surface area contributed by atoms with Crippen molar-refractivity contribution in [2.24, 2.45) is 0 Å². The molecule has 0 atom stereocenters. The standard InChI is InChI=1S/C21H21S.C15H24O3S/c1-16-4-10-19(11-5-16)22(20-12-6-17(2)7-13-20)21-14-8-18(3)9-15-21;1-9(2)12-7-13(10(3)4)15(19(16,17)18)14(8-12)11(5)6/h4-15H,1-3H3;7-11H,1-6H3,(H,16,17,18)/q+1;/p-1. The van der Waals surface area contributed by atoms with Gasteiger partial charge in [0, 0.05) is 0 Å². The van der Waals surface area contributed by atoms with Gasteiger partial charge in [-0.1, -0.05) is 107 Å². The Kier molecular flexibility index (Phi) is 11.0. The third-order valence-electron chi connectivity index (χ3n) is 7.10. The molecule has 4 rings (SSSR count). The third-order valence-corrected chi connectivity index (χ3v) is 10.3. The first-order valence-electron chi connectivity index (χ1n) is 14.3. The van der Waals surface area contributed by atoms with Crippen molar-refractivity contribution in [3.63, 3.8) is 0 Å². The van der Waals surface area contributed by atoms with Crippen molar-refractivity contribution >= 4 is 21.0 Å². The third kappa shape index (κ3) is 8.57. The molecule has 0 aliphatic carbocycles. The molecule has 41 heavy (non-hydrogen) atoms. The van der Waals surface area contributed by atoms with Crippen LogP contribution in [-0.2, 0) is 21.0 Å². The van der Waals surface area contributed by atoms with Crippen LogP contribution < -0.4 is 0 Å². The Morgan fingerprint density at radius 3 is 1.05 bits per heavy atom. The summed E-state index contributed by atoms with van der Waals surface area (Å²) in [4.78, 5) is 4.11. The van der Waals surface area contributed by atoms with Gasteiger partial charge >= 0.3 is 0 Å². The fraction of sp³-hybridized carbons (Fsp3) is 0.333. The largest absolute Gasteiger partial charge is 0.744 e. The predicted molar refractivity (Wildman–Crippen MR) is 172 cm³/mol. The van der Waals surface area contributed by atoms with Gasteiger partial charge in [-0.05, 0) is 91.6 Å². The summed E-state index contributed by atoms with van der Waals surface area (Å²) in [6.07, 6.45) is 0. The van der Waals surface area contributed by atoms with E-state index in [1.54, 1.807) is 0 Å². The van der Waals surface area contributed by atoms with Crippen molar-refractivity contribution in [2.45, 2.75) is 99.6 Å². The van der Waals surface area contributed by atoms with Gasteiger partial charge < -0.3 is 4.55 Å². The van der Waals surface area contributed by atoms with Gasteiger partial charge in [0.1, 0.15) is 10.1 Å². The van der Waals surface area contributed by atoms with E-state index in [1.807, 2.05) is 39.8 Å². The number of rotatable bonds is 7. The molecule has 0 saturated carbocycles. The van der Waals surface area contributed by atoms with Gasteiger partial charge in [-0.2, -0.15) is 0 Å². The van der Waals surface area contributed by atoms with E-state index >= 15 is 0 Å². The summed E-state index contributed by atoms with van der Waals surface area (Å²) in [6, 6.07) is 30.5. The maximum atomic E-state index is 11.6. The fourth-order valence-corrected chi connectivity index (χ4v) is 7.82. The Bertz CT molecular complexity index is 1400. The van der Waals surface area contributed by atoms with Gasteiger partial charge in [-0.15, -0.1) is 0 Å². The summed E-state index contributed by atoms with van der Waals surface area (Å²) in [5.74, 6) is 0.322. The van der Waals surface area contributed by atoms with Crippen LogP contribution in [0.3, 0.4) is 0 Å². The molecule has 0 heterocycles. The molecule has 0 spiro atoms. The molecule has 0 radical (unpaired) electrons. The molecular formula is C36H44O3S2. The van der Waals surface area contributed by atoms with Crippen LogP contribution in [0.1, 0.15) is 92.7 Å². The summed E-state index contributed by atoms with van der Waals surface area (Å²) in [6.45, 7) is 18.2. The van der Waals surface area contributed by atoms with E-state index in [2.05, 4.69) is 107 Å². The maximum absolute atomic E-state index is 11.6. The van der Waals surface area contributed by atoms with Crippen molar-refractivity contribution in [2.75, 3.05) is 0 Å². The van der Waals surface area contributed by atoms with Crippen LogP contribution in [0, 0.1) is 20.8 Å². The Hall–Kier alpha value is -2.86. The van der Waals surface area contributed by atoms with Gasteiger partial charge in [-0.25, -0.2) is 8.42 Å². The van der Waals surface area contributed by atoms with E-state index in [4.69, 9.17) is 0 Å². The second-order valence-corrected chi connectivity index (χ2v) is 15.0. The zero-order valence-electron chi connectivity index (χ0n) is 25.9. The van der Waals surface area contributed by atoms with Crippen molar-refractivity contribution in [3.05, 3.63) is 118 Å². The number of hydrogen-bond donors (Lipinski definition) is 0. The highest BCUT2D eigenvalue weighted by molar-refractivity contribution is 7.97. The second-order valence-electron chi connectivity index (χ2n) is 11.7. The predicted octanol–water partition coefficient (Wildman–Crippen LogP) is 9.67. The first kappa shape index (κ1) is 32.7. The Morgan fingerprint density at radius 1 is 0.537 bits per heavy atom. The van der Waals surface area contributed by atoms with Crippen LogP contribution in [0.2, 0.25) is 0 Å². The van der Waals surface area contributed by atoms with Gasteiger partial charge in [-0.3, -0.25) is 0 Å². The van der Waals surface area contributed by atoms with Crippen LogP contribution in [-0.4, -0.2) is 13.0 Å². The van der Waals surface area contributed by atoms with Gasteiger partial charge in [0.25, 0.3) is 0 Å². The second kappa shape index (κ2) is 13.9. The highest BCUT2D eigenvalue weighted by Crippen LogP contribution is 2.35. The van der Waals surface area contributed by atoms with E-state index in [-0.39, 0.29) is 27.6 Å². The van der Waals surface area contributed by atoms with Crippen LogP contribution in [0.4, 0.5) is 0 Å². The maximum Gasteiger partial charge on any atom is 0.166 e. The molecule has 0 aromatic heterocycles. The van der Waals surface area contributed by atoms with E-state index in [1.165, 1.54) is 31.4 Å². The molecule has 0 saturated heterocycles. The molecule has 0 N–H and O–H groups in total. The Morgan fingerprint density at radius 2 is 0.829 bits per heavy atom. The zero-order valence-corrected chi connectivity index (χ0v) is 27.5. The smallest absolute Gasteiger partial charge is 0.166 e. The molecule has 0 bridgehead atoms. The molecule has 3 nitrogen and oxygen atoms in total. The Balaban J connectivity index is 0.000000229. The van der Waals surface area contributed by atoms with E-state index in [0.29, 0.717) is 17.0 Å². The Labute approximate surface area is 251 Å². The van der Waals surface area contributed by atoms with Crippen LogP contribution in [0.15, 0.2) is 105 Å². The molecule has 4 aromatic carbocycles. The van der Waals surface area contributed by atoms with E-state index < -0.39 is 10.1 Å². The molecular weight excluding hydrogens is 545 g/mol. The lowest BCUT2D eigenvalue weighted by molar-refractivity contribution is 0.459. The highest BCUT2D eigenvalue weighted by atomic mass is 32.2. The number of hydrogen-bond acceptors (Lipinski definition) is 3. The minimum Gasteiger partial charge on any atom is -0.744 e. The lowest BCUT2D eigenvalue weighted by atomic mass is 9.89. The normalized spacial score (nSPS) is 11.8. The number of aryl methyl sites for hydroxylation is 3. The monoisotopic (exact) mass is 588 g/mol. The summed E-state index contributed by atoms with van der Waals surface area (Å²) in [7, 11) is -4.49. The molecule has 0 aliphatic heterocycles. The molecule has 0 unspecified atom stereocenters. The molecule has 0 amide bonds. The number of benzene rings is 4. The lowest BCUT2D eigenvalue weighted by Gasteiger charge is -2.24. The molecule has 5 heteroatoms. The summed E-state index contributed by atoms with van der Waals surface area (Å²) in [5.41, 5.74) is 6.29. The molecule has 0 aliphatic rings. The van der Waals surface area contributed by atoms with Crippen molar-refractivity contribution < 1.29 is 13.0 Å². The van der Waals surface area contributed by atoms with Crippen LogP contribution >= 0.6 is 0 Å². The average Bonchev–Trinajstić information content (AvgIpc) is 2.91. The topological polar surface area (TPSA) is 57.2 Å². The van der Waals surface area contributed by atoms with Crippen LogP contribution in [0.25, 0.3) is 0 Å². The average molecular weight is 589 g/mol. The first-order chi connectivity index (χ1) is 19.2. The lowest BCUT2D eigenvalue weighted by Crippen LogP contribution is -2.11. The van der Waals surface area contributed by atoms with Gasteiger partial charge in [0.2, 0.25) is 0 Å². The van der Waals surface area contributed by atoms with E-state index in [9.17, 15) is 13.0 Å². The summed E-state index contributed by atoms with van der Waals surface area (Å²) in [5, 5.41) is 0. The van der Waals surface area contributed by atoms with Gasteiger partial charge in [0.15, 0.2) is 14.7 Å². The summed E-state index contributed by atoms with van der Waals surface area (Å²) >= 11 is 0. The van der Waals surface area contributed by atoms with E-state index in [0.717, 1.165) is 5.56 Å². The molecule has 218 valence electrons. The molecule has 0 fully saturated rings. The van der Waals surface area contributed by atoms with Crippen molar-refractivity contribution in [3.8, 4) is 0 Å². The highest BCUT2D eigenvalue weighted by Gasteiger charge is 2.28. The minimum absolute atomic E-state index is 0.00919. The van der Waals surface area contributed by atoms with Crippen molar-refractivity contribution in [1.82, 2.24) is 0 Å². The van der Waals surface area contributed by atoms with Gasteiger partial charge in [0.05, 0.1) is 15.8 Å². The quantitative estimate of drug-likeness (QED) is 0.159. The minimum atomic E-state index is -4.45. The summed E-state index contributed by atoms with van der Waals surface area (Å²) < 4.78 is 34.8. The van der Waals surface area contributed by atoms with Crippen LogP contribution in [0.5, 0.6) is 0 Å². The van der Waals surface area contributed by atoms with Crippen molar-refractivity contribution in [1.29, 1.82) is 0 Å². The SMILES string of the molecule is CC(C)c1cc(C(C)C)c(S(=O)(=O)[O-])c(C(C)C)c1.Cc1ccc([S+](c2ccc(C)cc2)c2ccc(C)cc2)cc1. The first-order valence-corrected chi connectivity index (χ1v) is 16.9.